The van der Waals surface area contributed by atoms with Gasteiger partial charge in [0.15, 0.2) is 0 Å². The first-order chi connectivity index (χ1) is 22.5. The number of hydrogen-bond donors (Lipinski definition) is 5. The fourth-order valence-corrected chi connectivity index (χ4v) is 6.13. The number of hydrogen-bond acceptors (Lipinski definition) is 5. The topological polar surface area (TPSA) is 125 Å². The molecule has 1 aliphatic heterocycles. The highest BCUT2D eigenvalue weighted by atomic mass is 16.5. The van der Waals surface area contributed by atoms with Crippen molar-refractivity contribution in [3.63, 3.8) is 0 Å². The lowest BCUT2D eigenvalue weighted by Gasteiger charge is -2.31. The van der Waals surface area contributed by atoms with Crippen LogP contribution in [0.5, 0.6) is 5.75 Å². The van der Waals surface area contributed by atoms with Crippen LogP contribution < -0.4 is 20.7 Å². The highest BCUT2D eigenvalue weighted by molar-refractivity contribution is 5.98. The Balaban J connectivity index is 1.12. The second-order valence-electron chi connectivity index (χ2n) is 11.5. The second-order valence-corrected chi connectivity index (χ2v) is 11.5. The molecule has 236 valence electrons. The molecule has 0 saturated carbocycles. The van der Waals surface area contributed by atoms with E-state index in [9.17, 15) is 14.7 Å². The average Bonchev–Trinajstić information content (AvgIpc) is 3.58. The van der Waals surface area contributed by atoms with Crippen LogP contribution in [-0.4, -0.2) is 60.0 Å². The van der Waals surface area contributed by atoms with Crippen LogP contribution >= 0.6 is 0 Å². The van der Waals surface area contributed by atoms with E-state index < -0.39 is 24.0 Å². The largest absolute Gasteiger partial charge is 0.490 e. The first kappa shape index (κ1) is 30.9. The molecule has 5 N–H and O–H groups in total. The van der Waals surface area contributed by atoms with Gasteiger partial charge in [-0.25, -0.2) is 4.79 Å². The van der Waals surface area contributed by atoms with Gasteiger partial charge in [-0.15, -0.1) is 0 Å². The molecule has 2 amide bonds. The van der Waals surface area contributed by atoms with Crippen molar-refractivity contribution in [2.24, 2.45) is 0 Å². The van der Waals surface area contributed by atoms with Gasteiger partial charge in [-0.3, -0.25) is 4.79 Å². The van der Waals surface area contributed by atoms with Crippen LogP contribution in [0.4, 0.5) is 10.5 Å². The molecule has 2 heterocycles. The summed E-state index contributed by atoms with van der Waals surface area (Å²) in [5.74, 6) is -0.139. The molecule has 0 spiro atoms. The quantitative estimate of drug-likeness (QED) is 0.118. The Kier molecular flexibility index (Phi) is 9.92. The van der Waals surface area contributed by atoms with E-state index in [1.54, 1.807) is 0 Å². The van der Waals surface area contributed by atoms with Gasteiger partial charge < -0.3 is 35.5 Å². The van der Waals surface area contributed by atoms with Crippen molar-refractivity contribution in [3.8, 4) is 5.75 Å². The number of amides is 2. The summed E-state index contributed by atoms with van der Waals surface area (Å²) in [4.78, 5) is 29.1. The lowest BCUT2D eigenvalue weighted by molar-refractivity contribution is -0.118. The van der Waals surface area contributed by atoms with E-state index in [0.29, 0.717) is 25.3 Å². The molecular formula is C37H38N4O5. The number of carbonyl (C=O) groups is 2. The predicted molar refractivity (Wildman–Crippen MR) is 178 cm³/mol. The van der Waals surface area contributed by atoms with Crippen molar-refractivity contribution in [3.05, 3.63) is 132 Å². The average molecular weight is 619 g/mol. The molecule has 5 aromatic rings. The molecule has 1 aromatic heterocycles. The van der Waals surface area contributed by atoms with E-state index in [0.717, 1.165) is 46.3 Å². The van der Waals surface area contributed by atoms with Crippen LogP contribution in [0.1, 0.15) is 29.0 Å². The molecule has 9 heteroatoms. The number of H-pyrrole nitrogens is 1. The van der Waals surface area contributed by atoms with E-state index in [2.05, 4.69) is 20.9 Å². The van der Waals surface area contributed by atoms with E-state index in [4.69, 9.17) is 9.47 Å². The van der Waals surface area contributed by atoms with Crippen LogP contribution in [0.3, 0.4) is 0 Å². The Bertz CT molecular complexity index is 1700. The number of rotatable bonds is 12. The minimum Gasteiger partial charge on any atom is -0.490 e. The summed E-state index contributed by atoms with van der Waals surface area (Å²) in [5.41, 5.74) is 4.29. The number of morpholine rings is 1. The minimum atomic E-state index is -1.27. The Morgan fingerprint density at radius 3 is 2.28 bits per heavy atom. The number of para-hydroxylation sites is 1. The standard InChI is InChI=1S/C37H38N4O5/c42-36(35(41-37(43)44)34(26-11-3-1-4-12-26)27-13-5-2-6-14-27)40-31-15-8-7-10-25(31)18-19-28-22-38-23-29(46-28)24-45-33-17-9-16-32-30(33)20-21-39-32/h1-17,20-21,28-29,34-35,38-39,41H,18-19,22-24H2,(H,40,42)(H,43,44)/t28-,29+,35+/m1/s1. The maximum absolute atomic E-state index is 13.9. The Hall–Kier alpha value is -5.12. The molecule has 3 atom stereocenters. The number of anilines is 1. The van der Waals surface area contributed by atoms with E-state index in [1.807, 2.05) is 115 Å². The summed E-state index contributed by atoms with van der Waals surface area (Å²) in [6, 6.07) is 33.5. The summed E-state index contributed by atoms with van der Waals surface area (Å²) < 4.78 is 12.5. The molecule has 6 rings (SSSR count). The van der Waals surface area contributed by atoms with E-state index in [-0.39, 0.29) is 12.2 Å². The summed E-state index contributed by atoms with van der Waals surface area (Å²) in [7, 11) is 0. The lowest BCUT2D eigenvalue weighted by Crippen LogP contribution is -2.47. The van der Waals surface area contributed by atoms with Crippen molar-refractivity contribution in [2.75, 3.05) is 25.0 Å². The van der Waals surface area contributed by atoms with Crippen molar-refractivity contribution in [2.45, 2.75) is 37.0 Å². The highest BCUT2D eigenvalue weighted by Crippen LogP contribution is 2.30. The van der Waals surface area contributed by atoms with Gasteiger partial charge in [-0.1, -0.05) is 84.9 Å². The number of ether oxygens (including phenoxy) is 2. The SMILES string of the molecule is O=C(O)N[C@H](C(=O)Nc1ccccc1CC[C@@H]1CNC[C@@H](COc2cccc3[nH]ccc23)O1)C(c1ccccc1)c1ccccc1. The van der Waals surface area contributed by atoms with Gasteiger partial charge in [0, 0.05) is 41.8 Å². The van der Waals surface area contributed by atoms with Gasteiger partial charge in [-0.2, -0.15) is 0 Å². The number of nitrogens with one attached hydrogen (secondary N) is 4. The lowest BCUT2D eigenvalue weighted by atomic mass is 9.84. The van der Waals surface area contributed by atoms with Crippen LogP contribution in [0, 0.1) is 0 Å². The molecule has 1 aliphatic rings. The number of aromatic amines is 1. The monoisotopic (exact) mass is 618 g/mol. The summed E-state index contributed by atoms with van der Waals surface area (Å²) in [6.07, 6.45) is 1.90. The zero-order chi connectivity index (χ0) is 31.7. The van der Waals surface area contributed by atoms with Crippen LogP contribution in [0.2, 0.25) is 0 Å². The van der Waals surface area contributed by atoms with Gasteiger partial charge in [-0.05, 0) is 53.8 Å². The van der Waals surface area contributed by atoms with Crippen molar-refractivity contribution in [1.29, 1.82) is 0 Å². The fourth-order valence-electron chi connectivity index (χ4n) is 6.13. The van der Waals surface area contributed by atoms with Crippen molar-refractivity contribution in [1.82, 2.24) is 15.6 Å². The molecule has 46 heavy (non-hydrogen) atoms. The molecule has 0 radical (unpaired) electrons. The Morgan fingerprint density at radius 1 is 0.848 bits per heavy atom. The van der Waals surface area contributed by atoms with Crippen LogP contribution in [0.25, 0.3) is 10.9 Å². The van der Waals surface area contributed by atoms with Gasteiger partial charge in [0.2, 0.25) is 5.91 Å². The molecule has 1 saturated heterocycles. The van der Waals surface area contributed by atoms with Gasteiger partial charge in [0.05, 0.1) is 6.10 Å². The van der Waals surface area contributed by atoms with E-state index >= 15 is 0 Å². The Labute approximate surface area is 267 Å². The fraction of sp³-hybridized carbons (Fsp3) is 0.243. The smallest absolute Gasteiger partial charge is 0.405 e. The van der Waals surface area contributed by atoms with Crippen LogP contribution in [0.15, 0.2) is 115 Å². The number of benzene rings is 4. The van der Waals surface area contributed by atoms with Crippen molar-refractivity contribution >= 4 is 28.6 Å². The third-order valence-electron chi connectivity index (χ3n) is 8.33. The van der Waals surface area contributed by atoms with Crippen molar-refractivity contribution < 1.29 is 24.2 Å². The van der Waals surface area contributed by atoms with Crippen LogP contribution in [-0.2, 0) is 16.0 Å². The highest BCUT2D eigenvalue weighted by Gasteiger charge is 2.33. The summed E-state index contributed by atoms with van der Waals surface area (Å²) in [6.45, 7) is 1.86. The van der Waals surface area contributed by atoms with Gasteiger partial charge in [0.25, 0.3) is 0 Å². The Morgan fingerprint density at radius 2 is 1.54 bits per heavy atom. The normalized spacial score (nSPS) is 17.0. The molecule has 0 unspecified atom stereocenters. The molecule has 1 fully saturated rings. The number of carbonyl (C=O) groups excluding carboxylic acids is 1. The molecule has 4 aromatic carbocycles. The summed E-state index contributed by atoms with van der Waals surface area (Å²) >= 11 is 0. The number of aromatic nitrogens is 1. The maximum Gasteiger partial charge on any atom is 0.405 e. The van der Waals surface area contributed by atoms with Gasteiger partial charge >= 0.3 is 6.09 Å². The zero-order valence-corrected chi connectivity index (χ0v) is 25.4. The van der Waals surface area contributed by atoms with Gasteiger partial charge in [0.1, 0.15) is 24.5 Å². The predicted octanol–water partition coefficient (Wildman–Crippen LogP) is 5.94. The number of carboxylic acid groups (broad SMARTS) is 1. The number of aryl methyl sites for hydroxylation is 1. The first-order valence-corrected chi connectivity index (χ1v) is 15.6. The zero-order valence-electron chi connectivity index (χ0n) is 25.4. The minimum absolute atomic E-state index is 0.0314. The first-order valence-electron chi connectivity index (χ1n) is 15.6. The number of fused-ring (bicyclic) bond motifs is 1. The third-order valence-corrected chi connectivity index (χ3v) is 8.33. The maximum atomic E-state index is 13.9. The second kappa shape index (κ2) is 14.8. The molecule has 0 bridgehead atoms. The summed E-state index contributed by atoms with van der Waals surface area (Å²) in [5, 5.41) is 19.8. The van der Waals surface area contributed by atoms with E-state index in [1.165, 1.54) is 0 Å². The molecular weight excluding hydrogens is 580 g/mol. The third kappa shape index (κ3) is 7.56. The molecule has 9 nitrogen and oxygen atoms in total. The molecule has 0 aliphatic carbocycles.